The van der Waals surface area contributed by atoms with Crippen LogP contribution >= 0.6 is 0 Å². The van der Waals surface area contributed by atoms with Crippen molar-refractivity contribution in [2.24, 2.45) is 5.92 Å². The molecular weight excluding hydrogens is 248 g/mol. The first-order valence-electron chi connectivity index (χ1n) is 6.22. The number of hydrogen-bond acceptors (Lipinski definition) is 5. The Kier molecular flexibility index (Phi) is 4.34. The van der Waals surface area contributed by atoms with Crippen molar-refractivity contribution in [2.75, 3.05) is 13.7 Å². The summed E-state index contributed by atoms with van der Waals surface area (Å²) in [5.41, 5.74) is 0.847. The second kappa shape index (κ2) is 5.99. The number of methoxy groups -OCH3 is 1. The van der Waals surface area contributed by atoms with Crippen LogP contribution in [-0.2, 0) is 4.79 Å². The van der Waals surface area contributed by atoms with Gasteiger partial charge in [-0.1, -0.05) is 6.07 Å². The minimum absolute atomic E-state index is 0.167. The molecule has 1 heterocycles. The van der Waals surface area contributed by atoms with E-state index in [-0.39, 0.29) is 18.1 Å². The lowest BCUT2D eigenvalue weighted by Gasteiger charge is -2.38. The zero-order valence-electron chi connectivity index (χ0n) is 10.7. The Morgan fingerprint density at radius 2 is 2.32 bits per heavy atom. The van der Waals surface area contributed by atoms with Crippen LogP contribution in [0.4, 0.5) is 0 Å². The molecule has 1 aromatic rings. The summed E-state index contributed by atoms with van der Waals surface area (Å²) in [5, 5.41) is 21.0. The molecule has 1 aliphatic carbocycles. The van der Waals surface area contributed by atoms with Gasteiger partial charge in [-0.2, -0.15) is 0 Å². The lowest BCUT2D eigenvalue weighted by atomic mass is 9.75. The largest absolute Gasteiger partial charge is 0.481 e. The molecule has 6 nitrogen and oxygen atoms in total. The molecule has 3 N–H and O–H groups in total. The van der Waals surface area contributed by atoms with Crippen molar-refractivity contribution < 1.29 is 19.7 Å². The predicted octanol–water partition coefficient (Wildman–Crippen LogP) is 0.0107. The number of ether oxygens (including phenoxy) is 1. The summed E-state index contributed by atoms with van der Waals surface area (Å²) in [6.45, 7) is -0.546. The standard InChI is InChI=1S/C13H18N2O4/c1-19-12-3-2-8(6-14-12)13(15-11(18)7-16)9-4-10(17)5-9/h2-3,6,9-10,13,16-17H,4-5,7H2,1H3,(H,15,18)/t9?,10?,13-/m0/s1. The summed E-state index contributed by atoms with van der Waals surface area (Å²) < 4.78 is 4.99. The van der Waals surface area contributed by atoms with E-state index in [4.69, 9.17) is 9.84 Å². The number of carbonyl (C=O) groups excluding carboxylic acids is 1. The van der Waals surface area contributed by atoms with Gasteiger partial charge in [-0.05, 0) is 24.3 Å². The van der Waals surface area contributed by atoms with Gasteiger partial charge in [0.25, 0.3) is 0 Å². The van der Waals surface area contributed by atoms with E-state index in [1.54, 1.807) is 12.3 Å². The van der Waals surface area contributed by atoms with Gasteiger partial charge in [0.1, 0.15) is 6.61 Å². The first-order chi connectivity index (χ1) is 9.13. The van der Waals surface area contributed by atoms with E-state index >= 15 is 0 Å². The zero-order valence-corrected chi connectivity index (χ0v) is 10.7. The van der Waals surface area contributed by atoms with Crippen molar-refractivity contribution in [1.82, 2.24) is 10.3 Å². The molecule has 0 aromatic carbocycles. The highest BCUT2D eigenvalue weighted by atomic mass is 16.5. The van der Waals surface area contributed by atoms with E-state index in [1.807, 2.05) is 6.07 Å². The lowest BCUT2D eigenvalue weighted by Crippen LogP contribution is -2.42. The number of rotatable bonds is 5. The summed E-state index contributed by atoms with van der Waals surface area (Å²) >= 11 is 0. The summed E-state index contributed by atoms with van der Waals surface area (Å²) in [5.74, 6) is 0.243. The molecule has 0 spiro atoms. The fourth-order valence-electron chi connectivity index (χ4n) is 2.29. The first kappa shape index (κ1) is 13.8. The third-order valence-electron chi connectivity index (χ3n) is 3.41. The van der Waals surface area contributed by atoms with Gasteiger partial charge in [-0.15, -0.1) is 0 Å². The summed E-state index contributed by atoms with van der Waals surface area (Å²) in [4.78, 5) is 15.5. The summed E-state index contributed by atoms with van der Waals surface area (Å²) in [6.07, 6.45) is 2.63. The molecule has 0 bridgehead atoms. The maximum absolute atomic E-state index is 11.4. The van der Waals surface area contributed by atoms with E-state index in [0.29, 0.717) is 18.7 Å². The maximum Gasteiger partial charge on any atom is 0.246 e. The molecule has 1 atom stereocenters. The number of carbonyl (C=O) groups is 1. The molecule has 0 radical (unpaired) electrons. The number of hydrogen-bond donors (Lipinski definition) is 3. The van der Waals surface area contributed by atoms with Gasteiger partial charge in [-0.3, -0.25) is 4.79 Å². The number of aliphatic hydroxyl groups excluding tert-OH is 2. The zero-order chi connectivity index (χ0) is 13.8. The first-order valence-corrected chi connectivity index (χ1v) is 6.22. The van der Waals surface area contributed by atoms with Gasteiger partial charge < -0.3 is 20.3 Å². The van der Waals surface area contributed by atoms with Crippen molar-refractivity contribution >= 4 is 5.91 Å². The Bertz CT molecular complexity index is 429. The molecule has 1 aromatic heterocycles. The normalized spacial score (nSPS) is 23.3. The molecule has 0 unspecified atom stereocenters. The topological polar surface area (TPSA) is 91.7 Å². The molecule has 1 amide bonds. The van der Waals surface area contributed by atoms with Crippen molar-refractivity contribution in [3.8, 4) is 5.88 Å². The number of aliphatic hydroxyl groups is 2. The SMILES string of the molecule is COc1ccc([C@H](NC(=O)CO)C2CC(O)C2)cn1. The Labute approximate surface area is 111 Å². The van der Waals surface area contributed by atoms with Crippen molar-refractivity contribution in [2.45, 2.75) is 25.0 Å². The third-order valence-corrected chi connectivity index (χ3v) is 3.41. The predicted molar refractivity (Wildman–Crippen MR) is 67.5 cm³/mol. The molecule has 0 aliphatic heterocycles. The molecule has 6 heteroatoms. The van der Waals surface area contributed by atoms with Crippen LogP contribution in [0.15, 0.2) is 18.3 Å². The molecule has 19 heavy (non-hydrogen) atoms. The van der Waals surface area contributed by atoms with Crippen LogP contribution in [-0.4, -0.2) is 40.9 Å². The Morgan fingerprint density at radius 3 is 2.79 bits per heavy atom. The molecule has 104 valence electrons. The number of nitrogens with one attached hydrogen (secondary N) is 1. The van der Waals surface area contributed by atoms with Gasteiger partial charge in [0, 0.05) is 12.3 Å². The van der Waals surface area contributed by atoms with E-state index in [1.165, 1.54) is 7.11 Å². The second-order valence-corrected chi connectivity index (χ2v) is 4.72. The average Bonchev–Trinajstić information content (AvgIpc) is 2.41. The Balaban J connectivity index is 2.13. The number of nitrogens with zero attached hydrogens (tertiary/aromatic N) is 1. The minimum Gasteiger partial charge on any atom is -0.481 e. The Hall–Kier alpha value is -1.66. The quantitative estimate of drug-likeness (QED) is 0.698. The molecule has 1 aliphatic rings. The smallest absolute Gasteiger partial charge is 0.246 e. The van der Waals surface area contributed by atoms with Crippen LogP contribution in [0.5, 0.6) is 5.88 Å². The maximum atomic E-state index is 11.4. The number of amides is 1. The van der Waals surface area contributed by atoms with Crippen LogP contribution in [0.3, 0.4) is 0 Å². The highest BCUT2D eigenvalue weighted by Gasteiger charge is 2.35. The lowest BCUT2D eigenvalue weighted by molar-refractivity contribution is -0.125. The fourth-order valence-corrected chi connectivity index (χ4v) is 2.29. The van der Waals surface area contributed by atoms with Gasteiger partial charge in [0.15, 0.2) is 0 Å². The van der Waals surface area contributed by atoms with Gasteiger partial charge in [0.2, 0.25) is 11.8 Å². The summed E-state index contributed by atoms with van der Waals surface area (Å²) in [6, 6.07) is 3.32. The second-order valence-electron chi connectivity index (χ2n) is 4.72. The molecule has 2 rings (SSSR count). The van der Waals surface area contributed by atoms with E-state index < -0.39 is 12.5 Å². The molecule has 0 saturated heterocycles. The Morgan fingerprint density at radius 1 is 1.58 bits per heavy atom. The minimum atomic E-state index is -0.546. The third kappa shape index (κ3) is 3.21. The van der Waals surface area contributed by atoms with Crippen molar-refractivity contribution in [3.05, 3.63) is 23.9 Å². The summed E-state index contributed by atoms with van der Waals surface area (Å²) in [7, 11) is 1.54. The van der Waals surface area contributed by atoms with Gasteiger partial charge >= 0.3 is 0 Å². The average molecular weight is 266 g/mol. The van der Waals surface area contributed by atoms with Crippen LogP contribution < -0.4 is 10.1 Å². The number of pyridine rings is 1. The molecule has 1 saturated carbocycles. The van der Waals surface area contributed by atoms with Crippen LogP contribution in [0.25, 0.3) is 0 Å². The van der Waals surface area contributed by atoms with Crippen LogP contribution in [0.1, 0.15) is 24.4 Å². The van der Waals surface area contributed by atoms with Crippen molar-refractivity contribution in [1.29, 1.82) is 0 Å². The molecule has 1 fully saturated rings. The van der Waals surface area contributed by atoms with Gasteiger partial charge in [-0.25, -0.2) is 4.98 Å². The van der Waals surface area contributed by atoms with Crippen LogP contribution in [0, 0.1) is 5.92 Å². The highest BCUT2D eigenvalue weighted by molar-refractivity contribution is 5.77. The van der Waals surface area contributed by atoms with Crippen molar-refractivity contribution in [3.63, 3.8) is 0 Å². The highest BCUT2D eigenvalue weighted by Crippen LogP contribution is 2.38. The van der Waals surface area contributed by atoms with E-state index in [0.717, 1.165) is 5.56 Å². The monoisotopic (exact) mass is 266 g/mol. The fraction of sp³-hybridized carbons (Fsp3) is 0.538. The van der Waals surface area contributed by atoms with E-state index in [2.05, 4.69) is 10.3 Å². The van der Waals surface area contributed by atoms with Gasteiger partial charge in [0.05, 0.1) is 19.3 Å². The van der Waals surface area contributed by atoms with E-state index in [9.17, 15) is 9.90 Å². The molecular formula is C13H18N2O4. The number of aromatic nitrogens is 1. The van der Waals surface area contributed by atoms with Crippen LogP contribution in [0.2, 0.25) is 0 Å².